The van der Waals surface area contributed by atoms with E-state index in [4.69, 9.17) is 19.2 Å². The maximum absolute atomic E-state index is 12.6. The Bertz CT molecular complexity index is 1280. The highest BCUT2D eigenvalue weighted by Crippen LogP contribution is 2.27. The van der Waals surface area contributed by atoms with E-state index in [0.717, 1.165) is 11.3 Å². The zero-order chi connectivity index (χ0) is 22.3. The number of pyridine rings is 1. The first-order chi connectivity index (χ1) is 15.6. The largest absolute Gasteiger partial charge is 0.486 e. The van der Waals surface area contributed by atoms with Gasteiger partial charge >= 0.3 is 0 Å². The molecule has 7 nitrogen and oxygen atoms in total. The van der Waals surface area contributed by atoms with Gasteiger partial charge in [-0.05, 0) is 67.1 Å². The van der Waals surface area contributed by atoms with Crippen molar-refractivity contribution in [2.45, 2.75) is 13.5 Å². The van der Waals surface area contributed by atoms with Crippen LogP contribution in [0.1, 0.15) is 27.4 Å². The van der Waals surface area contributed by atoms with Crippen LogP contribution in [0, 0.1) is 18.3 Å². The van der Waals surface area contributed by atoms with E-state index in [1.54, 1.807) is 48.7 Å². The van der Waals surface area contributed by atoms with E-state index in [0.29, 0.717) is 22.8 Å². The Kier molecular flexibility index (Phi) is 6.14. The number of carbonyl (C=O) groups excluding carboxylic acids is 1. The van der Waals surface area contributed by atoms with Crippen molar-refractivity contribution in [2.75, 3.05) is 5.32 Å². The lowest BCUT2D eigenvalue weighted by molar-refractivity contribution is 0.0992. The fourth-order valence-corrected chi connectivity index (χ4v) is 2.94. The van der Waals surface area contributed by atoms with E-state index in [2.05, 4.69) is 10.3 Å². The van der Waals surface area contributed by atoms with Gasteiger partial charge in [0.15, 0.2) is 5.76 Å². The Morgan fingerprint density at radius 1 is 1.06 bits per heavy atom. The minimum Gasteiger partial charge on any atom is -0.486 e. The van der Waals surface area contributed by atoms with Gasteiger partial charge in [-0.1, -0.05) is 18.2 Å². The summed E-state index contributed by atoms with van der Waals surface area (Å²) in [5.41, 5.74) is 1.74. The number of carbonyl (C=O) groups is 1. The number of aromatic nitrogens is 1. The number of ether oxygens (including phenoxy) is 2. The molecule has 4 aromatic rings. The summed E-state index contributed by atoms with van der Waals surface area (Å²) in [7, 11) is 0. The normalized spacial score (nSPS) is 10.2. The molecule has 7 heteroatoms. The third-order valence-electron chi connectivity index (χ3n) is 4.56. The second-order valence-electron chi connectivity index (χ2n) is 6.87. The topological polar surface area (TPSA) is 97.4 Å². The van der Waals surface area contributed by atoms with E-state index >= 15 is 0 Å². The highest BCUT2D eigenvalue weighted by atomic mass is 16.5. The van der Waals surface area contributed by atoms with Crippen LogP contribution in [0.4, 0.5) is 5.69 Å². The number of amides is 1. The van der Waals surface area contributed by atoms with Crippen molar-refractivity contribution in [1.82, 2.24) is 4.98 Å². The Morgan fingerprint density at radius 2 is 1.91 bits per heavy atom. The van der Waals surface area contributed by atoms with Gasteiger partial charge in [0.1, 0.15) is 35.5 Å². The zero-order valence-corrected chi connectivity index (χ0v) is 17.2. The number of furan rings is 1. The van der Waals surface area contributed by atoms with E-state index in [1.165, 1.54) is 0 Å². The molecule has 2 heterocycles. The summed E-state index contributed by atoms with van der Waals surface area (Å²) < 4.78 is 17.0. The van der Waals surface area contributed by atoms with Crippen LogP contribution in [0.2, 0.25) is 0 Å². The van der Waals surface area contributed by atoms with Crippen LogP contribution in [-0.4, -0.2) is 10.9 Å². The minimum absolute atomic E-state index is 0.184. The molecule has 0 aliphatic rings. The van der Waals surface area contributed by atoms with Gasteiger partial charge in [-0.15, -0.1) is 0 Å². The standard InChI is InChI=1S/C25H19N3O4/c1-17-14-20(32-25-18(15-26)6-5-13-27-25)9-11-22(17)28-24(29)23-12-10-21(31-23)16-30-19-7-3-2-4-8-19/h2-14H,16H2,1H3,(H,28,29). The molecule has 0 saturated heterocycles. The number of anilines is 1. The van der Waals surface area contributed by atoms with E-state index < -0.39 is 0 Å². The van der Waals surface area contributed by atoms with Crippen LogP contribution >= 0.6 is 0 Å². The summed E-state index contributed by atoms with van der Waals surface area (Å²) in [5, 5.41) is 12.0. The fraction of sp³-hybridized carbons (Fsp3) is 0.0800. The van der Waals surface area contributed by atoms with Crippen LogP contribution < -0.4 is 14.8 Å². The van der Waals surface area contributed by atoms with Crippen LogP contribution in [0.25, 0.3) is 0 Å². The molecule has 2 aromatic carbocycles. The molecule has 0 aliphatic carbocycles. The smallest absolute Gasteiger partial charge is 0.291 e. The molecule has 0 aliphatic heterocycles. The molecule has 158 valence electrons. The summed E-state index contributed by atoms with van der Waals surface area (Å²) in [6, 6.07) is 23.2. The van der Waals surface area contributed by atoms with Gasteiger partial charge in [0.05, 0.1) is 0 Å². The van der Waals surface area contributed by atoms with Crippen LogP contribution in [0.3, 0.4) is 0 Å². The van der Waals surface area contributed by atoms with Gasteiger partial charge in [-0.25, -0.2) is 4.98 Å². The van der Waals surface area contributed by atoms with Crippen molar-refractivity contribution in [2.24, 2.45) is 0 Å². The lowest BCUT2D eigenvalue weighted by atomic mass is 10.2. The summed E-state index contributed by atoms with van der Waals surface area (Å²) in [4.78, 5) is 16.7. The molecule has 2 aromatic heterocycles. The first-order valence-corrected chi connectivity index (χ1v) is 9.84. The number of rotatable bonds is 7. The quantitative estimate of drug-likeness (QED) is 0.421. The number of para-hydroxylation sites is 1. The molecule has 0 bridgehead atoms. The van der Waals surface area contributed by atoms with Crippen molar-refractivity contribution in [3.05, 3.63) is 102 Å². The SMILES string of the molecule is Cc1cc(Oc2ncccc2C#N)ccc1NC(=O)c1ccc(COc2ccccc2)o1. The highest BCUT2D eigenvalue weighted by Gasteiger charge is 2.14. The molecule has 32 heavy (non-hydrogen) atoms. The molecule has 0 unspecified atom stereocenters. The molecule has 0 atom stereocenters. The van der Waals surface area contributed by atoms with Crippen LogP contribution in [0.5, 0.6) is 17.4 Å². The molecule has 0 saturated carbocycles. The molecule has 1 amide bonds. The van der Waals surface area contributed by atoms with Gasteiger partial charge in [0.2, 0.25) is 5.88 Å². The molecule has 4 rings (SSSR count). The minimum atomic E-state index is -0.371. The average molecular weight is 425 g/mol. The van der Waals surface area contributed by atoms with Crippen molar-refractivity contribution in [1.29, 1.82) is 5.26 Å². The van der Waals surface area contributed by atoms with Crippen molar-refractivity contribution >= 4 is 11.6 Å². The summed E-state index contributed by atoms with van der Waals surface area (Å²) >= 11 is 0. The van der Waals surface area contributed by atoms with Crippen LogP contribution in [-0.2, 0) is 6.61 Å². The maximum atomic E-state index is 12.6. The average Bonchev–Trinajstić information content (AvgIpc) is 3.30. The highest BCUT2D eigenvalue weighted by molar-refractivity contribution is 6.02. The molecular formula is C25H19N3O4. The molecule has 0 spiro atoms. The number of benzene rings is 2. The summed E-state index contributed by atoms with van der Waals surface area (Å²) in [6.07, 6.45) is 1.56. The van der Waals surface area contributed by atoms with E-state index in [-0.39, 0.29) is 24.2 Å². The predicted octanol–water partition coefficient (Wildman–Crippen LogP) is 5.48. The third kappa shape index (κ3) is 4.94. The molecular weight excluding hydrogens is 406 g/mol. The number of hydrogen-bond donors (Lipinski definition) is 1. The second kappa shape index (κ2) is 9.49. The van der Waals surface area contributed by atoms with E-state index in [9.17, 15) is 4.79 Å². The summed E-state index contributed by atoms with van der Waals surface area (Å²) in [5.74, 6) is 1.82. The first kappa shape index (κ1) is 20.7. The van der Waals surface area contributed by atoms with Crippen molar-refractivity contribution in [3.8, 4) is 23.4 Å². The monoisotopic (exact) mass is 425 g/mol. The molecule has 1 N–H and O–H groups in total. The van der Waals surface area contributed by atoms with Gasteiger partial charge in [0, 0.05) is 11.9 Å². The van der Waals surface area contributed by atoms with Crippen LogP contribution in [0.15, 0.2) is 83.4 Å². The summed E-state index contributed by atoms with van der Waals surface area (Å²) in [6.45, 7) is 2.06. The van der Waals surface area contributed by atoms with Crippen molar-refractivity contribution in [3.63, 3.8) is 0 Å². The Balaban J connectivity index is 1.39. The van der Waals surface area contributed by atoms with Gasteiger partial charge in [0.25, 0.3) is 5.91 Å². The Labute approximate surface area is 184 Å². The number of aryl methyl sites for hydroxylation is 1. The number of nitrogens with one attached hydrogen (secondary N) is 1. The second-order valence-corrected chi connectivity index (χ2v) is 6.87. The zero-order valence-electron chi connectivity index (χ0n) is 17.2. The predicted molar refractivity (Wildman–Crippen MR) is 118 cm³/mol. The number of hydrogen-bond acceptors (Lipinski definition) is 6. The van der Waals surface area contributed by atoms with Crippen molar-refractivity contribution < 1.29 is 18.7 Å². The molecule has 0 radical (unpaired) electrons. The lowest BCUT2D eigenvalue weighted by Crippen LogP contribution is -2.12. The molecule has 0 fully saturated rings. The van der Waals surface area contributed by atoms with Gasteiger partial charge in [-0.3, -0.25) is 4.79 Å². The Morgan fingerprint density at radius 3 is 2.69 bits per heavy atom. The third-order valence-corrected chi connectivity index (χ3v) is 4.56. The Hall–Kier alpha value is -4.57. The maximum Gasteiger partial charge on any atom is 0.291 e. The fourth-order valence-electron chi connectivity index (χ4n) is 2.94. The van der Waals surface area contributed by atoms with Gasteiger partial charge in [-0.2, -0.15) is 5.26 Å². The number of nitrogens with zero attached hydrogens (tertiary/aromatic N) is 2. The van der Waals surface area contributed by atoms with Gasteiger partial charge < -0.3 is 19.2 Å². The first-order valence-electron chi connectivity index (χ1n) is 9.84. The number of nitriles is 1. The van der Waals surface area contributed by atoms with E-state index in [1.807, 2.05) is 43.3 Å². The lowest BCUT2D eigenvalue weighted by Gasteiger charge is -2.10.